The van der Waals surface area contributed by atoms with Crippen LogP contribution in [0.15, 0.2) is 6.33 Å². The summed E-state index contributed by atoms with van der Waals surface area (Å²) in [4.78, 5) is 8.23. The Balaban J connectivity index is 2.38. The molecule has 72 valence electrons. The van der Waals surface area contributed by atoms with Crippen molar-refractivity contribution in [3.05, 3.63) is 18.0 Å². The number of hydrogen-bond donors (Lipinski definition) is 1. The quantitative estimate of drug-likeness (QED) is 0.729. The van der Waals surface area contributed by atoms with Gasteiger partial charge in [0, 0.05) is 11.5 Å². The number of nitrogens with two attached hydrogens (primary N) is 1. The Hall–Kier alpha value is -1.41. The summed E-state index contributed by atoms with van der Waals surface area (Å²) in [7, 11) is 0. The summed E-state index contributed by atoms with van der Waals surface area (Å²) in [6.07, 6.45) is 1.51. The Labute approximate surface area is 89.0 Å². The molecule has 0 spiro atoms. The van der Waals surface area contributed by atoms with Gasteiger partial charge in [0.15, 0.2) is 0 Å². The van der Waals surface area contributed by atoms with Crippen molar-refractivity contribution in [3.63, 3.8) is 0 Å². The van der Waals surface area contributed by atoms with Crippen molar-refractivity contribution in [3.8, 4) is 5.13 Å². The molecule has 2 N–H and O–H groups in total. The number of nitrogens with zero attached hydrogens (tertiary/aromatic N) is 5. The molecule has 2 aromatic rings. The van der Waals surface area contributed by atoms with E-state index in [2.05, 4.69) is 19.4 Å². The Bertz CT molecular complexity index is 472. The van der Waals surface area contributed by atoms with E-state index >= 15 is 0 Å². The molecule has 0 amide bonds. The van der Waals surface area contributed by atoms with E-state index in [1.807, 2.05) is 6.92 Å². The zero-order chi connectivity index (χ0) is 10.1. The van der Waals surface area contributed by atoms with Gasteiger partial charge in [-0.1, -0.05) is 12.2 Å². The van der Waals surface area contributed by atoms with E-state index in [0.29, 0.717) is 16.8 Å². The fourth-order valence-corrected chi connectivity index (χ4v) is 1.54. The van der Waals surface area contributed by atoms with Gasteiger partial charge >= 0.3 is 0 Å². The molecule has 6 nitrogen and oxygen atoms in total. The maximum absolute atomic E-state index is 5.37. The molecule has 0 aliphatic carbocycles. The van der Waals surface area contributed by atoms with Crippen molar-refractivity contribution in [2.24, 2.45) is 5.73 Å². The number of thiocarbonyl (C=S) groups is 1. The molecule has 0 bridgehead atoms. The number of rotatable bonds is 2. The van der Waals surface area contributed by atoms with E-state index in [1.165, 1.54) is 22.5 Å². The SMILES string of the molecule is Cc1nsc(-n2cnc(C(N)=S)n2)n1. The number of hydrogen-bond acceptors (Lipinski definition) is 6. The van der Waals surface area contributed by atoms with Crippen LogP contribution in [-0.2, 0) is 0 Å². The molecule has 0 atom stereocenters. The first-order valence-corrected chi connectivity index (χ1v) is 4.87. The average Bonchev–Trinajstić information content (AvgIpc) is 2.70. The Kier molecular flexibility index (Phi) is 2.22. The normalized spacial score (nSPS) is 10.4. The highest BCUT2D eigenvalue weighted by Crippen LogP contribution is 2.08. The largest absolute Gasteiger partial charge is 0.387 e. The van der Waals surface area contributed by atoms with E-state index in [1.54, 1.807) is 0 Å². The molecule has 0 unspecified atom stereocenters. The van der Waals surface area contributed by atoms with E-state index < -0.39 is 0 Å². The fourth-order valence-electron chi connectivity index (χ4n) is 0.847. The van der Waals surface area contributed by atoms with Gasteiger partial charge in [0.05, 0.1) is 0 Å². The third-order valence-corrected chi connectivity index (χ3v) is 2.40. The van der Waals surface area contributed by atoms with Crippen LogP contribution in [0.2, 0.25) is 0 Å². The second kappa shape index (κ2) is 3.39. The van der Waals surface area contributed by atoms with Gasteiger partial charge in [-0.2, -0.15) is 9.06 Å². The first-order valence-electron chi connectivity index (χ1n) is 3.69. The van der Waals surface area contributed by atoms with Crippen LogP contribution in [-0.4, -0.2) is 29.1 Å². The maximum atomic E-state index is 5.37. The first-order chi connectivity index (χ1) is 6.66. The summed E-state index contributed by atoms with van der Waals surface area (Å²) in [5.74, 6) is 1.05. The minimum atomic E-state index is 0.171. The number of aryl methyl sites for hydroxylation is 1. The first kappa shape index (κ1) is 9.16. The van der Waals surface area contributed by atoms with Gasteiger partial charge in [-0.05, 0) is 6.92 Å². The molecule has 0 radical (unpaired) electrons. The zero-order valence-corrected chi connectivity index (χ0v) is 8.84. The van der Waals surface area contributed by atoms with Gasteiger partial charge < -0.3 is 5.73 Å². The summed E-state index contributed by atoms with van der Waals surface area (Å²) in [5.41, 5.74) is 5.37. The molecule has 0 saturated carbocycles. The van der Waals surface area contributed by atoms with E-state index in [0.717, 1.165) is 0 Å². The smallest absolute Gasteiger partial charge is 0.231 e. The monoisotopic (exact) mass is 226 g/mol. The van der Waals surface area contributed by atoms with Crippen LogP contribution in [0, 0.1) is 6.92 Å². The lowest BCUT2D eigenvalue weighted by atomic mass is 10.6. The van der Waals surface area contributed by atoms with Gasteiger partial charge in [0.25, 0.3) is 0 Å². The maximum Gasteiger partial charge on any atom is 0.231 e. The summed E-state index contributed by atoms with van der Waals surface area (Å²) >= 11 is 5.98. The number of aromatic nitrogens is 5. The Morgan fingerprint density at radius 1 is 1.64 bits per heavy atom. The third-order valence-electron chi connectivity index (χ3n) is 1.43. The molecule has 2 heterocycles. The van der Waals surface area contributed by atoms with Crippen LogP contribution in [0.1, 0.15) is 11.6 Å². The molecular weight excluding hydrogens is 220 g/mol. The molecule has 2 aromatic heterocycles. The fraction of sp³-hybridized carbons (Fsp3) is 0.167. The third kappa shape index (κ3) is 1.61. The summed E-state index contributed by atoms with van der Waals surface area (Å²) < 4.78 is 5.52. The lowest BCUT2D eigenvalue weighted by molar-refractivity contribution is 0.859. The van der Waals surface area contributed by atoms with Crippen LogP contribution in [0.25, 0.3) is 5.13 Å². The van der Waals surface area contributed by atoms with Gasteiger partial charge in [-0.15, -0.1) is 5.10 Å². The van der Waals surface area contributed by atoms with Crippen molar-refractivity contribution in [2.75, 3.05) is 0 Å². The highest BCUT2D eigenvalue weighted by molar-refractivity contribution is 7.80. The predicted molar refractivity (Wildman–Crippen MR) is 55.5 cm³/mol. The average molecular weight is 226 g/mol. The molecule has 2 rings (SSSR count). The Morgan fingerprint density at radius 3 is 2.93 bits per heavy atom. The summed E-state index contributed by atoms with van der Waals surface area (Å²) in [5, 5.41) is 4.69. The highest BCUT2D eigenvalue weighted by Gasteiger charge is 2.07. The highest BCUT2D eigenvalue weighted by atomic mass is 32.1. The molecule has 8 heteroatoms. The standard InChI is InChI=1S/C6H6N6S2/c1-3-9-6(14-11-3)12-2-8-5(10-12)4(7)13/h2H,1H3,(H2,7,13). The molecule has 0 aliphatic heterocycles. The van der Waals surface area contributed by atoms with Crippen LogP contribution in [0.4, 0.5) is 0 Å². The Morgan fingerprint density at radius 2 is 2.43 bits per heavy atom. The molecular formula is C6H6N6S2. The van der Waals surface area contributed by atoms with Crippen molar-refractivity contribution in [1.82, 2.24) is 24.1 Å². The molecule has 0 fully saturated rings. The molecule has 14 heavy (non-hydrogen) atoms. The predicted octanol–water partition coefficient (Wildman–Crippen LogP) is 0.0614. The van der Waals surface area contributed by atoms with Gasteiger partial charge in [0.1, 0.15) is 17.1 Å². The van der Waals surface area contributed by atoms with Gasteiger partial charge in [0.2, 0.25) is 11.0 Å². The van der Waals surface area contributed by atoms with Crippen molar-refractivity contribution >= 4 is 28.7 Å². The van der Waals surface area contributed by atoms with Gasteiger partial charge in [-0.3, -0.25) is 0 Å². The zero-order valence-electron chi connectivity index (χ0n) is 7.21. The molecule has 0 saturated heterocycles. The van der Waals surface area contributed by atoms with Crippen molar-refractivity contribution in [1.29, 1.82) is 0 Å². The summed E-state index contributed by atoms with van der Waals surface area (Å²) in [6.45, 7) is 1.81. The van der Waals surface area contributed by atoms with Crippen LogP contribution in [0.3, 0.4) is 0 Å². The minimum absolute atomic E-state index is 0.171. The lowest BCUT2D eigenvalue weighted by Crippen LogP contribution is -2.12. The van der Waals surface area contributed by atoms with Crippen LogP contribution < -0.4 is 5.73 Å². The van der Waals surface area contributed by atoms with Crippen LogP contribution in [0.5, 0.6) is 0 Å². The second-order valence-electron chi connectivity index (χ2n) is 2.50. The van der Waals surface area contributed by atoms with Gasteiger partial charge in [-0.25, -0.2) is 9.97 Å². The lowest BCUT2D eigenvalue weighted by Gasteiger charge is -1.89. The minimum Gasteiger partial charge on any atom is -0.387 e. The topological polar surface area (TPSA) is 82.5 Å². The van der Waals surface area contributed by atoms with Crippen LogP contribution >= 0.6 is 23.8 Å². The van der Waals surface area contributed by atoms with Crippen molar-refractivity contribution < 1.29 is 0 Å². The van der Waals surface area contributed by atoms with E-state index in [-0.39, 0.29) is 4.99 Å². The van der Waals surface area contributed by atoms with E-state index in [4.69, 9.17) is 18.0 Å². The van der Waals surface area contributed by atoms with Crippen molar-refractivity contribution in [2.45, 2.75) is 6.92 Å². The molecule has 0 aromatic carbocycles. The second-order valence-corrected chi connectivity index (χ2v) is 3.67. The summed E-state index contributed by atoms with van der Waals surface area (Å²) in [6, 6.07) is 0. The van der Waals surface area contributed by atoms with E-state index in [9.17, 15) is 0 Å². The molecule has 0 aliphatic rings.